The fraction of sp³-hybridized carbons (Fsp3) is 0.348. The van der Waals surface area contributed by atoms with E-state index >= 15 is 0 Å². The Hall–Kier alpha value is -3.75. The maximum atomic E-state index is 13.4. The lowest BCUT2D eigenvalue weighted by molar-refractivity contribution is -0.384. The summed E-state index contributed by atoms with van der Waals surface area (Å²) < 4.78 is 5.17. The fourth-order valence-corrected chi connectivity index (χ4v) is 6.10. The van der Waals surface area contributed by atoms with Gasteiger partial charge in [-0.2, -0.15) is 0 Å². The predicted octanol–water partition coefficient (Wildman–Crippen LogP) is 2.78. The minimum Gasteiger partial charge on any atom is -0.497 e. The molecule has 2 aliphatic heterocycles. The van der Waals surface area contributed by atoms with Crippen molar-refractivity contribution >= 4 is 28.9 Å². The Kier molecular flexibility index (Phi) is 3.93. The number of carbonyl (C=O) groups is 2. The zero-order valence-electron chi connectivity index (χ0n) is 17.1. The van der Waals surface area contributed by atoms with Crippen molar-refractivity contribution in [3.63, 3.8) is 0 Å². The molecular formula is C23H19N3O6. The van der Waals surface area contributed by atoms with Gasteiger partial charge in [-0.15, -0.1) is 0 Å². The smallest absolute Gasteiger partial charge is 0.269 e. The first kappa shape index (κ1) is 19.0. The number of ether oxygens (including phenoxy) is 1. The number of nitrogens with zero attached hydrogens (tertiary/aromatic N) is 3. The summed E-state index contributed by atoms with van der Waals surface area (Å²) in [6.07, 6.45) is 0.490. The molecular weight excluding hydrogens is 414 g/mol. The van der Waals surface area contributed by atoms with E-state index in [1.807, 2.05) is 0 Å². The summed E-state index contributed by atoms with van der Waals surface area (Å²) in [4.78, 5) is 44.3. The summed E-state index contributed by atoms with van der Waals surface area (Å²) >= 11 is 0. The van der Waals surface area contributed by atoms with E-state index in [2.05, 4.69) is 5.16 Å². The van der Waals surface area contributed by atoms with Crippen molar-refractivity contribution in [1.82, 2.24) is 0 Å². The summed E-state index contributed by atoms with van der Waals surface area (Å²) in [5.41, 5.74) is 2.00. The SMILES string of the molecule is COc1ccc(N2C(=O)[C@@H]3[C@H]4C[C@H]([C@@H]5ON=C(c6ccc([N+](=O)[O-])cc6)[C@H]45)[C@@H]3C2=O)cc1. The van der Waals surface area contributed by atoms with E-state index in [9.17, 15) is 19.7 Å². The minimum atomic E-state index is -0.446. The maximum Gasteiger partial charge on any atom is 0.269 e. The molecule has 0 spiro atoms. The van der Waals surface area contributed by atoms with E-state index in [1.165, 1.54) is 17.0 Å². The average molecular weight is 433 g/mol. The highest BCUT2D eigenvalue weighted by Gasteiger charge is 2.70. The Morgan fingerprint density at radius 2 is 1.66 bits per heavy atom. The number of nitro groups is 1. The molecule has 32 heavy (non-hydrogen) atoms. The second kappa shape index (κ2) is 6.62. The summed E-state index contributed by atoms with van der Waals surface area (Å²) in [5.74, 6) is -0.729. The van der Waals surface area contributed by atoms with Crippen LogP contribution in [-0.2, 0) is 14.4 Å². The molecule has 9 heteroatoms. The van der Waals surface area contributed by atoms with Crippen molar-refractivity contribution in [3.05, 3.63) is 64.2 Å². The third-order valence-corrected chi connectivity index (χ3v) is 7.40. The molecule has 2 amide bonds. The van der Waals surface area contributed by atoms with Crippen LogP contribution >= 0.6 is 0 Å². The number of non-ortho nitro benzene ring substituents is 1. The molecule has 2 aliphatic carbocycles. The molecule has 162 valence electrons. The van der Waals surface area contributed by atoms with Crippen LogP contribution in [0.2, 0.25) is 0 Å². The van der Waals surface area contributed by atoms with E-state index < -0.39 is 16.8 Å². The summed E-state index contributed by atoms with van der Waals surface area (Å²) in [5, 5.41) is 15.2. The Labute approximate surface area is 182 Å². The van der Waals surface area contributed by atoms with Gasteiger partial charge in [0.1, 0.15) is 11.9 Å². The first-order chi connectivity index (χ1) is 15.5. The number of amides is 2. The molecule has 3 fully saturated rings. The maximum absolute atomic E-state index is 13.4. The Morgan fingerprint density at radius 3 is 2.28 bits per heavy atom. The number of rotatable bonds is 4. The van der Waals surface area contributed by atoms with Gasteiger partial charge in [-0.25, -0.2) is 0 Å². The highest BCUT2D eigenvalue weighted by molar-refractivity contribution is 6.23. The molecule has 2 aromatic rings. The first-order valence-corrected chi connectivity index (χ1v) is 10.5. The van der Waals surface area contributed by atoms with Crippen LogP contribution < -0.4 is 9.64 Å². The molecule has 2 bridgehead atoms. The molecule has 1 saturated heterocycles. The molecule has 0 unspecified atom stereocenters. The zero-order chi connectivity index (χ0) is 22.1. The lowest BCUT2D eigenvalue weighted by Crippen LogP contribution is -2.41. The lowest BCUT2D eigenvalue weighted by atomic mass is 9.71. The van der Waals surface area contributed by atoms with Gasteiger partial charge in [0.25, 0.3) is 5.69 Å². The number of hydrogen-bond acceptors (Lipinski definition) is 7. The molecule has 9 nitrogen and oxygen atoms in total. The average Bonchev–Trinajstić information content (AvgIpc) is 3.54. The van der Waals surface area contributed by atoms with Crippen molar-refractivity contribution < 1.29 is 24.1 Å². The van der Waals surface area contributed by atoms with Gasteiger partial charge >= 0.3 is 0 Å². The second-order valence-electron chi connectivity index (χ2n) is 8.70. The molecule has 0 radical (unpaired) electrons. The van der Waals surface area contributed by atoms with Gasteiger partial charge in [0, 0.05) is 29.5 Å². The Balaban J connectivity index is 1.30. The monoisotopic (exact) mass is 433 g/mol. The van der Waals surface area contributed by atoms with Crippen molar-refractivity contribution in [2.45, 2.75) is 12.5 Å². The lowest BCUT2D eigenvalue weighted by Gasteiger charge is -2.29. The molecule has 6 rings (SSSR count). The van der Waals surface area contributed by atoms with Gasteiger partial charge in [-0.1, -0.05) is 5.16 Å². The van der Waals surface area contributed by atoms with Crippen LogP contribution in [0.5, 0.6) is 5.75 Å². The number of methoxy groups -OCH3 is 1. The predicted molar refractivity (Wildman–Crippen MR) is 112 cm³/mol. The van der Waals surface area contributed by atoms with Crippen molar-refractivity contribution in [3.8, 4) is 5.75 Å². The van der Waals surface area contributed by atoms with E-state index in [0.717, 1.165) is 12.0 Å². The van der Waals surface area contributed by atoms with Crippen molar-refractivity contribution in [2.75, 3.05) is 12.0 Å². The summed E-state index contributed by atoms with van der Waals surface area (Å²) in [6, 6.07) is 13.1. The van der Waals surface area contributed by atoms with E-state index in [-0.39, 0.29) is 41.4 Å². The zero-order valence-corrected chi connectivity index (χ0v) is 17.1. The van der Waals surface area contributed by atoms with Gasteiger partial charge in [-0.05, 0) is 48.7 Å². The van der Waals surface area contributed by atoms with Gasteiger partial charge in [-0.3, -0.25) is 24.6 Å². The van der Waals surface area contributed by atoms with Crippen LogP contribution in [0.15, 0.2) is 53.7 Å². The summed E-state index contributed by atoms with van der Waals surface area (Å²) in [7, 11) is 1.56. The van der Waals surface area contributed by atoms with Gasteiger partial charge < -0.3 is 9.57 Å². The number of nitro benzene ring substituents is 1. The Morgan fingerprint density at radius 1 is 1.00 bits per heavy atom. The summed E-state index contributed by atoms with van der Waals surface area (Å²) in [6.45, 7) is 0. The minimum absolute atomic E-state index is 0.00419. The highest BCUT2D eigenvalue weighted by atomic mass is 16.6. The van der Waals surface area contributed by atoms with Crippen LogP contribution in [0.4, 0.5) is 11.4 Å². The van der Waals surface area contributed by atoms with Crippen molar-refractivity contribution in [2.24, 2.45) is 34.7 Å². The number of oxime groups is 1. The number of benzene rings is 2. The van der Waals surface area contributed by atoms with Crippen molar-refractivity contribution in [1.29, 1.82) is 0 Å². The quantitative estimate of drug-likeness (QED) is 0.416. The standard InChI is InChI=1S/C23H19N3O6/c1-31-14-8-6-12(7-9-14)25-22(27)17-15-10-16(18(17)23(25)28)21-19(15)20(24-32-21)11-2-4-13(5-3-11)26(29)30/h2-9,15-19,21H,10H2,1H3/t15-,16+,17-,18+,19+,21+/m1/s1. The van der Waals surface area contributed by atoms with Crippen LogP contribution in [0.3, 0.4) is 0 Å². The highest BCUT2D eigenvalue weighted by Crippen LogP contribution is 2.62. The molecule has 0 aromatic heterocycles. The second-order valence-corrected chi connectivity index (χ2v) is 8.70. The van der Waals surface area contributed by atoms with Gasteiger partial charge in [0.05, 0.1) is 35.3 Å². The molecule has 2 heterocycles. The largest absolute Gasteiger partial charge is 0.497 e. The van der Waals surface area contributed by atoms with E-state index in [0.29, 0.717) is 17.1 Å². The number of fused-ring (bicyclic) bond motifs is 8. The van der Waals surface area contributed by atoms with E-state index in [4.69, 9.17) is 9.57 Å². The third-order valence-electron chi connectivity index (χ3n) is 7.40. The van der Waals surface area contributed by atoms with Crippen LogP contribution in [0, 0.1) is 39.7 Å². The van der Waals surface area contributed by atoms with Gasteiger partial charge in [0.15, 0.2) is 0 Å². The molecule has 4 aliphatic rings. The number of imide groups is 1. The number of anilines is 1. The van der Waals surface area contributed by atoms with Crippen LogP contribution in [0.25, 0.3) is 0 Å². The van der Waals surface area contributed by atoms with E-state index in [1.54, 1.807) is 43.5 Å². The first-order valence-electron chi connectivity index (χ1n) is 10.5. The number of hydrogen-bond donors (Lipinski definition) is 0. The molecule has 2 aromatic carbocycles. The van der Waals surface area contributed by atoms with Crippen LogP contribution in [-0.4, -0.2) is 35.7 Å². The normalized spacial score (nSPS) is 31.9. The molecule has 6 atom stereocenters. The third kappa shape index (κ3) is 2.41. The van der Waals surface area contributed by atoms with Crippen LogP contribution in [0.1, 0.15) is 12.0 Å². The Bertz CT molecular complexity index is 1180. The topological polar surface area (TPSA) is 111 Å². The molecule has 0 N–H and O–H groups in total. The number of carbonyl (C=O) groups excluding carboxylic acids is 2. The fourth-order valence-electron chi connectivity index (χ4n) is 6.10. The molecule has 2 saturated carbocycles. The van der Waals surface area contributed by atoms with Gasteiger partial charge in [0.2, 0.25) is 11.8 Å².